The summed E-state index contributed by atoms with van der Waals surface area (Å²) in [5.74, 6) is -0.625. The molecule has 2 bridgehead atoms. The van der Waals surface area contributed by atoms with Gasteiger partial charge in [-0.2, -0.15) is 0 Å². The molecule has 0 spiro atoms. The summed E-state index contributed by atoms with van der Waals surface area (Å²) in [5.41, 5.74) is 4.49. The third-order valence-electron chi connectivity index (χ3n) is 9.71. The Morgan fingerprint density at radius 2 is 1.29 bits per heavy atom. The molecule has 0 saturated carbocycles. The lowest BCUT2D eigenvalue weighted by molar-refractivity contribution is -0.349. The van der Waals surface area contributed by atoms with Crippen molar-refractivity contribution in [2.24, 2.45) is 0 Å². The zero-order valence-electron chi connectivity index (χ0n) is 29.2. The minimum absolute atomic E-state index is 0.0391. The van der Waals surface area contributed by atoms with Crippen LogP contribution in [0.4, 0.5) is 0 Å². The molecule has 2 fully saturated rings. The van der Waals surface area contributed by atoms with Crippen molar-refractivity contribution in [3.63, 3.8) is 0 Å². The lowest BCUT2D eigenvalue weighted by Gasteiger charge is -2.50. The van der Waals surface area contributed by atoms with E-state index in [-0.39, 0.29) is 26.2 Å². The van der Waals surface area contributed by atoms with Gasteiger partial charge < -0.3 is 33.2 Å². The summed E-state index contributed by atoms with van der Waals surface area (Å²) >= 11 is 6.86. The van der Waals surface area contributed by atoms with E-state index in [2.05, 4.69) is 0 Å². The monoisotopic (exact) mass is 718 g/mol. The van der Waals surface area contributed by atoms with Crippen molar-refractivity contribution < 1.29 is 33.2 Å². The number of hydrogen-bond donors (Lipinski definition) is 0. The number of carbonyl (C=O) groups excluding carboxylic acids is 1. The molecule has 0 unspecified atom stereocenters. The highest BCUT2D eigenvalue weighted by Crippen LogP contribution is 2.54. The van der Waals surface area contributed by atoms with Gasteiger partial charge in [-0.1, -0.05) is 121 Å². The molecule has 2 aliphatic heterocycles. The van der Waals surface area contributed by atoms with Crippen LogP contribution in [0.1, 0.15) is 46.7 Å². The number of halogens is 1. The van der Waals surface area contributed by atoms with Crippen molar-refractivity contribution in [3.8, 4) is 5.75 Å². The molecule has 0 amide bonds. The van der Waals surface area contributed by atoms with Crippen LogP contribution >= 0.6 is 11.6 Å². The summed E-state index contributed by atoms with van der Waals surface area (Å²) in [4.78, 5) is 12.5. The fourth-order valence-corrected chi connectivity index (χ4v) is 7.32. The van der Waals surface area contributed by atoms with Gasteiger partial charge in [-0.15, -0.1) is 0 Å². The molecule has 0 N–H and O–H groups in total. The maximum atomic E-state index is 12.5. The van der Waals surface area contributed by atoms with E-state index in [0.717, 1.165) is 45.4 Å². The third kappa shape index (κ3) is 7.86. The maximum absolute atomic E-state index is 12.5. The van der Waals surface area contributed by atoms with Crippen molar-refractivity contribution >= 4 is 17.9 Å². The van der Waals surface area contributed by atoms with Crippen LogP contribution in [0.15, 0.2) is 133 Å². The molecular formula is C44H43ClO7. The van der Waals surface area contributed by atoms with E-state index in [9.17, 15) is 4.79 Å². The predicted molar refractivity (Wildman–Crippen MR) is 199 cm³/mol. The van der Waals surface area contributed by atoms with E-state index in [1.54, 1.807) is 0 Å². The second-order valence-electron chi connectivity index (χ2n) is 13.2. The largest absolute Gasteiger partial charge is 0.494 e. The Bertz CT molecular complexity index is 1890. The summed E-state index contributed by atoms with van der Waals surface area (Å²) in [5, 5.41) is 0.615. The van der Waals surface area contributed by atoms with Gasteiger partial charge in [0.1, 0.15) is 35.9 Å². The van der Waals surface area contributed by atoms with Crippen LogP contribution in [-0.2, 0) is 60.5 Å². The first-order valence-electron chi connectivity index (χ1n) is 17.8. The molecule has 268 valence electrons. The Morgan fingerprint density at radius 1 is 0.712 bits per heavy atom. The average molecular weight is 719 g/mol. The summed E-state index contributed by atoms with van der Waals surface area (Å²) in [6.07, 6.45) is -0.739. The van der Waals surface area contributed by atoms with Gasteiger partial charge in [0, 0.05) is 17.0 Å². The number of hydrogen-bond acceptors (Lipinski definition) is 7. The molecule has 0 aliphatic carbocycles. The van der Waals surface area contributed by atoms with Crippen LogP contribution in [0.25, 0.3) is 0 Å². The van der Waals surface area contributed by atoms with Crippen LogP contribution in [-0.4, -0.2) is 43.4 Å². The zero-order valence-corrected chi connectivity index (χ0v) is 30.0. The summed E-state index contributed by atoms with van der Waals surface area (Å²) in [6, 6.07) is 43.7. The summed E-state index contributed by atoms with van der Waals surface area (Å²) in [7, 11) is 0. The molecule has 5 aromatic carbocycles. The van der Waals surface area contributed by atoms with Gasteiger partial charge in [0.05, 0.1) is 33.0 Å². The Labute approximate surface area is 310 Å². The van der Waals surface area contributed by atoms with E-state index in [1.807, 2.05) is 140 Å². The van der Waals surface area contributed by atoms with Crippen LogP contribution in [0.2, 0.25) is 5.02 Å². The number of aldehydes is 1. The number of fused-ring (bicyclic) bond motifs is 2. The Kier molecular flexibility index (Phi) is 11.5. The van der Waals surface area contributed by atoms with Crippen LogP contribution in [0.3, 0.4) is 0 Å². The predicted octanol–water partition coefficient (Wildman–Crippen LogP) is 8.63. The second kappa shape index (κ2) is 16.6. The van der Waals surface area contributed by atoms with Crippen molar-refractivity contribution in [2.75, 3.05) is 13.2 Å². The minimum atomic E-state index is -1.44. The molecule has 2 saturated heterocycles. The van der Waals surface area contributed by atoms with Gasteiger partial charge in [0.15, 0.2) is 0 Å². The topological polar surface area (TPSA) is 72.5 Å². The van der Waals surface area contributed by atoms with Gasteiger partial charge in [0.2, 0.25) is 5.79 Å². The van der Waals surface area contributed by atoms with E-state index in [0.29, 0.717) is 24.7 Å². The summed E-state index contributed by atoms with van der Waals surface area (Å²) in [6.45, 7) is 3.50. The summed E-state index contributed by atoms with van der Waals surface area (Å²) < 4.78 is 40.2. The SMILES string of the molecule is CCOc1ccc(Cc2cc([C@]34OC[C@](CC=O)(O3)[C@@H](OCc3ccccc3)[C@H](OCc3ccccc3)[C@H]4OCc3ccccc3)ccc2Cl)cc1. The first-order valence-corrected chi connectivity index (χ1v) is 18.1. The molecule has 7 nitrogen and oxygen atoms in total. The van der Waals surface area contributed by atoms with Crippen molar-refractivity contribution in [3.05, 3.63) is 172 Å². The zero-order chi connectivity index (χ0) is 35.8. The van der Waals surface area contributed by atoms with E-state index >= 15 is 0 Å². The number of rotatable bonds is 16. The maximum Gasteiger partial charge on any atom is 0.225 e. The average Bonchev–Trinajstić information content (AvgIpc) is 3.53. The molecule has 2 heterocycles. The molecule has 5 atom stereocenters. The normalized spacial score (nSPS) is 23.7. The van der Waals surface area contributed by atoms with E-state index < -0.39 is 29.7 Å². The Balaban J connectivity index is 1.30. The van der Waals surface area contributed by atoms with E-state index in [1.165, 1.54) is 0 Å². The van der Waals surface area contributed by atoms with Gasteiger partial charge >= 0.3 is 0 Å². The van der Waals surface area contributed by atoms with Gasteiger partial charge in [-0.25, -0.2) is 0 Å². The van der Waals surface area contributed by atoms with Crippen molar-refractivity contribution in [1.82, 2.24) is 0 Å². The number of benzene rings is 5. The minimum Gasteiger partial charge on any atom is -0.494 e. The highest BCUT2D eigenvalue weighted by molar-refractivity contribution is 6.31. The highest BCUT2D eigenvalue weighted by Gasteiger charge is 2.69. The Morgan fingerprint density at radius 3 is 1.87 bits per heavy atom. The second-order valence-corrected chi connectivity index (χ2v) is 13.7. The van der Waals surface area contributed by atoms with Gasteiger partial charge in [-0.3, -0.25) is 0 Å². The van der Waals surface area contributed by atoms with Crippen molar-refractivity contribution in [1.29, 1.82) is 0 Å². The highest BCUT2D eigenvalue weighted by atomic mass is 35.5. The van der Waals surface area contributed by atoms with Gasteiger partial charge in [-0.05, 0) is 65.4 Å². The third-order valence-corrected chi connectivity index (χ3v) is 10.1. The quantitative estimate of drug-likeness (QED) is 0.0947. The molecule has 8 heteroatoms. The first kappa shape index (κ1) is 36.0. The van der Waals surface area contributed by atoms with Crippen LogP contribution in [0, 0.1) is 0 Å². The van der Waals surface area contributed by atoms with Gasteiger partial charge in [0.25, 0.3) is 0 Å². The fraction of sp³-hybridized carbons (Fsp3) is 0.295. The standard InChI is InChI=1S/C44H43ClO7/c1-2-47-38-21-18-32(19-22-38)26-36-27-37(20-23-39(36)45)44-42(50-30-35-16-10-5-11-17-35)40(48-28-33-12-6-3-7-13-33)41(43(52-44,24-25-46)31-51-44)49-29-34-14-8-4-9-15-34/h3-23,25,27,40-42H,2,24,26,28-31H2,1H3/t40-,41-,42+,43-,44-/m0/s1. The van der Waals surface area contributed by atoms with Crippen molar-refractivity contribution in [2.45, 2.75) is 69.3 Å². The van der Waals surface area contributed by atoms with E-state index in [4.69, 9.17) is 40.0 Å². The molecule has 2 aliphatic rings. The molecule has 0 radical (unpaired) electrons. The molecule has 7 rings (SSSR count). The molecule has 5 aromatic rings. The lowest BCUT2D eigenvalue weighted by atomic mass is 9.81. The van der Waals surface area contributed by atoms with Crippen LogP contribution < -0.4 is 4.74 Å². The fourth-order valence-electron chi connectivity index (χ4n) is 7.14. The number of ether oxygens (including phenoxy) is 6. The molecular weight excluding hydrogens is 676 g/mol. The lowest BCUT2D eigenvalue weighted by Crippen LogP contribution is -2.66. The Hall–Kier alpha value is -4.34. The first-order chi connectivity index (χ1) is 25.5. The molecule has 52 heavy (non-hydrogen) atoms. The number of carbonyl (C=O) groups is 1. The smallest absolute Gasteiger partial charge is 0.225 e. The molecule has 0 aromatic heterocycles. The van der Waals surface area contributed by atoms with Crippen LogP contribution in [0.5, 0.6) is 5.75 Å².